The van der Waals surface area contributed by atoms with Gasteiger partial charge in [-0.3, -0.25) is 0 Å². The van der Waals surface area contributed by atoms with Crippen molar-refractivity contribution in [2.24, 2.45) is 0 Å². The number of rotatable bonds is 22. The molecule has 0 saturated carbocycles. The van der Waals surface area contributed by atoms with Gasteiger partial charge < -0.3 is 0 Å². The monoisotopic (exact) mass is 776 g/mol. The van der Waals surface area contributed by atoms with Crippen molar-refractivity contribution in [2.45, 2.75) is 130 Å². The normalized spacial score (nSPS) is 10.1. The summed E-state index contributed by atoms with van der Waals surface area (Å²) in [6, 6.07) is 0. The Morgan fingerprint density at radius 3 is 0.788 bits per heavy atom. The fourth-order valence-electron chi connectivity index (χ4n) is 3.51. The topological polar surface area (TPSA) is 6.48 Å². The molecule has 0 rings (SSSR count). The van der Waals surface area contributed by atoms with E-state index in [0.29, 0.717) is 0 Å². The van der Waals surface area contributed by atoms with E-state index in [1.54, 1.807) is 0 Å². The second-order valence-electron chi connectivity index (χ2n) is 8.75. The molecule has 0 N–H and O–H groups in total. The number of nitrogens with zero attached hydrogens (tertiary/aromatic N) is 2. The van der Waals surface area contributed by atoms with Gasteiger partial charge in [-0.1, -0.05) is 0 Å². The molecular formula is C26H52N2Se4Zn. The molecule has 0 spiro atoms. The predicted octanol–water partition coefficient (Wildman–Crippen LogP) is 5.74. The van der Waals surface area contributed by atoms with E-state index in [1.807, 2.05) is 0 Å². The number of hydrogen-bond donors (Lipinski definition) is 0. The molecule has 33 heavy (non-hydrogen) atoms. The molecule has 0 atom stereocenters. The Kier molecular flexibility index (Phi) is 38.4. The van der Waals surface area contributed by atoms with Crippen molar-refractivity contribution in [2.75, 3.05) is 26.2 Å². The van der Waals surface area contributed by atoms with Crippen LogP contribution in [0.1, 0.15) is 130 Å². The van der Waals surface area contributed by atoms with Gasteiger partial charge >= 0.3 is 236 Å². The minimum Gasteiger partial charge on any atom is 0 e. The van der Waals surface area contributed by atoms with E-state index in [-0.39, 0.29) is 19.5 Å². The van der Waals surface area contributed by atoms with Crippen LogP contribution in [0.4, 0.5) is 0 Å². The molecular weight excluding hydrogens is 722 g/mol. The second kappa shape index (κ2) is 32.1. The van der Waals surface area contributed by atoms with E-state index in [2.05, 4.69) is 101 Å². The van der Waals surface area contributed by atoms with Gasteiger partial charge in [-0.25, -0.2) is 0 Å². The number of unbranched alkanes of at least 4 members (excludes halogenated alkanes) is 12. The molecule has 0 aromatic carbocycles. The molecule has 0 saturated heterocycles. The Morgan fingerprint density at radius 2 is 0.636 bits per heavy atom. The summed E-state index contributed by atoms with van der Waals surface area (Å²) in [7, 11) is 0. The molecule has 0 aliphatic rings. The van der Waals surface area contributed by atoms with E-state index >= 15 is 0 Å². The first-order valence-electron chi connectivity index (χ1n) is 13.4. The Hall–Kier alpha value is 2.04. The maximum absolute atomic E-state index is 3.11. The summed E-state index contributed by atoms with van der Waals surface area (Å²) in [5.74, 6) is 0. The maximum atomic E-state index is 3.11. The van der Waals surface area contributed by atoms with Crippen LogP contribution in [0.15, 0.2) is 0 Å². The van der Waals surface area contributed by atoms with Crippen LogP contribution in [0.3, 0.4) is 0 Å². The van der Waals surface area contributed by atoms with Crippen molar-refractivity contribution in [3.05, 3.63) is 0 Å². The molecule has 0 unspecified atom stereocenters. The van der Waals surface area contributed by atoms with Crippen molar-refractivity contribution in [1.82, 2.24) is 9.80 Å². The molecule has 192 valence electrons. The van der Waals surface area contributed by atoms with Crippen molar-refractivity contribution >= 4 is 70.1 Å². The summed E-state index contributed by atoms with van der Waals surface area (Å²) in [6.45, 7) is 13.9. The Labute approximate surface area is 253 Å². The van der Waals surface area contributed by atoms with Gasteiger partial charge in [-0.15, -0.1) is 0 Å². The van der Waals surface area contributed by atoms with Gasteiger partial charge in [0.25, 0.3) is 0 Å². The van der Waals surface area contributed by atoms with Gasteiger partial charge in [0.1, 0.15) is 0 Å². The summed E-state index contributed by atoms with van der Waals surface area (Å²) in [4.78, 5) is 4.93. The van der Waals surface area contributed by atoms with Crippen LogP contribution in [0.25, 0.3) is 0 Å². The van der Waals surface area contributed by atoms with Crippen LogP contribution in [0, 0.1) is 0 Å². The smallest absolute Gasteiger partial charge is 0 e. The van der Waals surface area contributed by atoms with Crippen LogP contribution in [0.5, 0.6) is 0 Å². The SMILES string of the molecule is CCCCCCN(CCCCCC)C([Se])=[Se].CCCCCCN(CCCCCC)C([Se])=[Se].[Zn]. The van der Waals surface area contributed by atoms with E-state index in [9.17, 15) is 0 Å². The maximum Gasteiger partial charge on any atom is 0 e. The molecule has 0 bridgehead atoms. The zero-order valence-electron chi connectivity index (χ0n) is 22.4. The molecule has 0 aromatic heterocycles. The first-order chi connectivity index (χ1) is 15.4. The van der Waals surface area contributed by atoms with E-state index < -0.39 is 0 Å². The second-order valence-corrected chi connectivity index (χ2v) is 14.6. The van der Waals surface area contributed by atoms with Gasteiger partial charge in [0.15, 0.2) is 0 Å². The van der Waals surface area contributed by atoms with Gasteiger partial charge in [0.2, 0.25) is 0 Å². The largest absolute Gasteiger partial charge is 0 e. The molecule has 7 heteroatoms. The van der Waals surface area contributed by atoms with Gasteiger partial charge in [-0.05, 0) is 0 Å². The summed E-state index contributed by atoms with van der Waals surface area (Å²) in [5, 5.41) is 0. The summed E-state index contributed by atoms with van der Waals surface area (Å²) >= 11 is 12.4. The minimum absolute atomic E-state index is 0. The first-order valence-corrected chi connectivity index (χ1v) is 16.8. The zero-order chi connectivity index (χ0) is 24.5. The molecule has 2 nitrogen and oxygen atoms in total. The van der Waals surface area contributed by atoms with Crippen LogP contribution in [0.2, 0.25) is 0 Å². The summed E-state index contributed by atoms with van der Waals surface area (Å²) in [6.07, 6.45) is 21.6. The predicted molar refractivity (Wildman–Crippen MR) is 153 cm³/mol. The van der Waals surface area contributed by atoms with Crippen LogP contribution >= 0.6 is 0 Å². The molecule has 0 amide bonds. The van der Waals surface area contributed by atoms with Crippen LogP contribution < -0.4 is 0 Å². The molecule has 0 aromatic rings. The molecule has 0 heterocycles. The Balaban J connectivity index is -0.000000529. The van der Waals surface area contributed by atoms with E-state index in [4.69, 9.17) is 0 Å². The fraction of sp³-hybridized carbons (Fsp3) is 0.923. The van der Waals surface area contributed by atoms with Gasteiger partial charge in [0.05, 0.1) is 0 Å². The van der Waals surface area contributed by atoms with Gasteiger partial charge in [0, 0.05) is 19.5 Å². The average molecular weight is 774 g/mol. The number of hydrogen-bond acceptors (Lipinski definition) is 2. The summed E-state index contributed by atoms with van der Waals surface area (Å²) in [5.41, 5.74) is 0. The standard InChI is InChI=1S/2C13H26NSe2.Zn/c2*1-3-5-7-9-11-14(13(15)16)12-10-8-6-4-2;/h2*3-12H2,1-2H3;. The fourth-order valence-corrected chi connectivity index (χ4v) is 5.04. The average Bonchev–Trinajstić information content (AvgIpc) is 2.77. The molecule has 0 aliphatic heterocycles. The third-order valence-corrected chi connectivity index (χ3v) is 7.81. The summed E-state index contributed by atoms with van der Waals surface area (Å²) < 4.78 is 2.49. The van der Waals surface area contributed by atoms with Crippen molar-refractivity contribution < 1.29 is 19.5 Å². The third kappa shape index (κ3) is 30.2. The minimum atomic E-state index is 0. The first kappa shape index (κ1) is 39.6. The van der Waals surface area contributed by atoms with Crippen molar-refractivity contribution in [1.29, 1.82) is 0 Å². The quantitative estimate of drug-likeness (QED) is 0.102. The molecule has 0 aliphatic carbocycles. The van der Waals surface area contributed by atoms with Crippen LogP contribution in [-0.2, 0) is 19.5 Å². The Bertz CT molecular complexity index is 363. The molecule has 0 fully saturated rings. The Morgan fingerprint density at radius 1 is 0.424 bits per heavy atom. The van der Waals surface area contributed by atoms with E-state index in [0.717, 1.165) is 0 Å². The molecule has 2 radical (unpaired) electrons. The van der Waals surface area contributed by atoms with E-state index in [1.165, 1.54) is 136 Å². The van der Waals surface area contributed by atoms with Crippen LogP contribution in [-0.4, -0.2) is 106 Å². The van der Waals surface area contributed by atoms with Crippen molar-refractivity contribution in [3.8, 4) is 0 Å². The van der Waals surface area contributed by atoms with Gasteiger partial charge in [-0.2, -0.15) is 0 Å². The van der Waals surface area contributed by atoms with Crippen molar-refractivity contribution in [3.63, 3.8) is 0 Å². The third-order valence-electron chi connectivity index (χ3n) is 5.64. The zero-order valence-corrected chi connectivity index (χ0v) is 32.2.